The normalized spacial score (nSPS) is 22.4. The summed E-state index contributed by atoms with van der Waals surface area (Å²) < 4.78 is 4.70. The lowest BCUT2D eigenvalue weighted by molar-refractivity contribution is -0.140. The Hall–Kier alpha value is -2.22. The summed E-state index contributed by atoms with van der Waals surface area (Å²) in [5.41, 5.74) is 0.955. The van der Waals surface area contributed by atoms with Crippen LogP contribution in [0.5, 0.6) is 0 Å². The SMILES string of the molecule is COC(=O)NC1CCN(C(=O)Cc2ccccc2)CC1C(=O)N1CCSC1. The molecule has 0 aromatic heterocycles. The average Bonchev–Trinajstić information content (AvgIpc) is 3.23. The fraction of sp³-hybridized carbons (Fsp3) is 0.526. The molecule has 2 aliphatic rings. The van der Waals surface area contributed by atoms with Crippen molar-refractivity contribution in [3.8, 4) is 0 Å². The minimum Gasteiger partial charge on any atom is -0.453 e. The van der Waals surface area contributed by atoms with Gasteiger partial charge < -0.3 is 19.9 Å². The van der Waals surface area contributed by atoms with Gasteiger partial charge in [-0.25, -0.2) is 4.79 Å². The van der Waals surface area contributed by atoms with Crippen LogP contribution in [0.25, 0.3) is 0 Å². The van der Waals surface area contributed by atoms with Crippen LogP contribution >= 0.6 is 11.8 Å². The molecule has 2 atom stereocenters. The Balaban J connectivity index is 1.69. The number of nitrogens with one attached hydrogen (secondary N) is 1. The molecule has 0 saturated carbocycles. The van der Waals surface area contributed by atoms with Gasteiger partial charge in [0.25, 0.3) is 0 Å². The number of hydrogen-bond donors (Lipinski definition) is 1. The number of amides is 3. The molecule has 0 aliphatic carbocycles. The summed E-state index contributed by atoms with van der Waals surface area (Å²) in [4.78, 5) is 41.0. The van der Waals surface area contributed by atoms with Gasteiger partial charge in [0.15, 0.2) is 0 Å². The van der Waals surface area contributed by atoms with Crippen LogP contribution in [0, 0.1) is 5.92 Å². The van der Waals surface area contributed by atoms with E-state index in [1.54, 1.807) is 16.7 Å². The van der Waals surface area contributed by atoms with Gasteiger partial charge in [0.2, 0.25) is 11.8 Å². The Bertz CT molecular complexity index is 679. The number of thioether (sulfide) groups is 1. The zero-order chi connectivity index (χ0) is 19.2. The number of ether oxygens (including phenoxy) is 1. The molecule has 1 aromatic carbocycles. The van der Waals surface area contributed by atoms with Crippen LogP contribution < -0.4 is 5.32 Å². The molecule has 3 amide bonds. The molecule has 27 heavy (non-hydrogen) atoms. The van der Waals surface area contributed by atoms with E-state index in [4.69, 9.17) is 4.74 Å². The molecule has 0 spiro atoms. The number of hydrogen-bond acceptors (Lipinski definition) is 5. The van der Waals surface area contributed by atoms with E-state index in [2.05, 4.69) is 5.32 Å². The van der Waals surface area contributed by atoms with Crippen molar-refractivity contribution in [1.29, 1.82) is 0 Å². The van der Waals surface area contributed by atoms with E-state index >= 15 is 0 Å². The summed E-state index contributed by atoms with van der Waals surface area (Å²) in [5.74, 6) is 1.14. The number of rotatable bonds is 4. The molecular formula is C19H25N3O4S. The summed E-state index contributed by atoms with van der Waals surface area (Å²) in [7, 11) is 1.31. The molecule has 0 radical (unpaired) electrons. The highest BCUT2D eigenvalue weighted by molar-refractivity contribution is 7.99. The molecular weight excluding hydrogens is 366 g/mol. The van der Waals surface area contributed by atoms with E-state index in [1.165, 1.54) is 7.11 Å². The molecule has 2 unspecified atom stereocenters. The number of benzene rings is 1. The van der Waals surface area contributed by atoms with Crippen LogP contribution in [-0.2, 0) is 20.7 Å². The predicted molar refractivity (Wildman–Crippen MR) is 103 cm³/mol. The Labute approximate surface area is 163 Å². The van der Waals surface area contributed by atoms with Crippen molar-refractivity contribution in [3.63, 3.8) is 0 Å². The molecule has 1 N–H and O–H groups in total. The molecule has 146 valence electrons. The summed E-state index contributed by atoms with van der Waals surface area (Å²) in [6.07, 6.45) is 0.307. The molecule has 2 saturated heterocycles. The number of methoxy groups -OCH3 is 1. The molecule has 0 bridgehead atoms. The van der Waals surface area contributed by atoms with E-state index < -0.39 is 12.0 Å². The fourth-order valence-electron chi connectivity index (χ4n) is 3.52. The maximum Gasteiger partial charge on any atom is 0.407 e. The largest absolute Gasteiger partial charge is 0.453 e. The van der Waals surface area contributed by atoms with Gasteiger partial charge in [0.05, 0.1) is 25.3 Å². The highest BCUT2D eigenvalue weighted by Gasteiger charge is 2.39. The first kappa shape index (κ1) is 19.5. The second-order valence-electron chi connectivity index (χ2n) is 6.78. The zero-order valence-electron chi connectivity index (χ0n) is 15.4. The van der Waals surface area contributed by atoms with Crippen molar-refractivity contribution in [3.05, 3.63) is 35.9 Å². The summed E-state index contributed by atoms with van der Waals surface area (Å²) >= 11 is 1.72. The molecule has 7 nitrogen and oxygen atoms in total. The second-order valence-corrected chi connectivity index (χ2v) is 7.85. The van der Waals surface area contributed by atoms with Crippen molar-refractivity contribution in [2.45, 2.75) is 18.9 Å². The van der Waals surface area contributed by atoms with E-state index in [-0.39, 0.29) is 17.9 Å². The van der Waals surface area contributed by atoms with Gasteiger partial charge in [-0.3, -0.25) is 9.59 Å². The standard InChI is InChI=1S/C19H25N3O4S/c1-26-19(25)20-16-7-8-21(17(23)11-14-5-3-2-4-6-14)12-15(16)18(24)22-9-10-27-13-22/h2-6,15-16H,7-13H2,1H3,(H,20,25). The van der Waals surface area contributed by atoms with Gasteiger partial charge in [0.1, 0.15) is 0 Å². The Kier molecular flexibility index (Phi) is 6.60. The zero-order valence-corrected chi connectivity index (χ0v) is 16.2. The van der Waals surface area contributed by atoms with E-state index in [1.807, 2.05) is 35.2 Å². The number of nitrogens with zero attached hydrogens (tertiary/aromatic N) is 2. The Morgan fingerprint density at radius 2 is 1.96 bits per heavy atom. The fourth-order valence-corrected chi connectivity index (χ4v) is 4.47. The van der Waals surface area contributed by atoms with Crippen molar-refractivity contribution < 1.29 is 19.1 Å². The average molecular weight is 391 g/mol. The maximum atomic E-state index is 13.0. The monoisotopic (exact) mass is 391 g/mol. The van der Waals surface area contributed by atoms with Crippen molar-refractivity contribution in [1.82, 2.24) is 15.1 Å². The molecule has 1 aromatic rings. The van der Waals surface area contributed by atoms with E-state index in [0.29, 0.717) is 38.4 Å². The molecule has 3 rings (SSSR count). The molecule has 2 aliphatic heterocycles. The number of alkyl carbamates (subject to hydrolysis) is 1. The second kappa shape index (κ2) is 9.12. The lowest BCUT2D eigenvalue weighted by Gasteiger charge is -2.39. The summed E-state index contributed by atoms with van der Waals surface area (Å²) in [5, 5.41) is 2.78. The van der Waals surface area contributed by atoms with Crippen molar-refractivity contribution >= 4 is 29.7 Å². The van der Waals surface area contributed by atoms with Crippen molar-refractivity contribution in [2.24, 2.45) is 5.92 Å². The highest BCUT2D eigenvalue weighted by Crippen LogP contribution is 2.24. The van der Waals surface area contributed by atoms with Crippen LogP contribution in [0.1, 0.15) is 12.0 Å². The van der Waals surface area contributed by atoms with Gasteiger partial charge >= 0.3 is 6.09 Å². The Morgan fingerprint density at radius 1 is 1.19 bits per heavy atom. The smallest absolute Gasteiger partial charge is 0.407 e. The number of carbonyl (C=O) groups excluding carboxylic acids is 3. The van der Waals surface area contributed by atoms with Gasteiger partial charge in [0, 0.05) is 31.4 Å². The van der Waals surface area contributed by atoms with Crippen LogP contribution in [0.15, 0.2) is 30.3 Å². The third-order valence-corrected chi connectivity index (χ3v) is 6.00. The minimum atomic E-state index is -0.544. The molecule has 8 heteroatoms. The van der Waals surface area contributed by atoms with Gasteiger partial charge in [-0.2, -0.15) is 0 Å². The van der Waals surface area contributed by atoms with Crippen LogP contribution in [0.4, 0.5) is 4.79 Å². The summed E-state index contributed by atoms with van der Waals surface area (Å²) in [6, 6.07) is 9.26. The minimum absolute atomic E-state index is 0.00128. The van der Waals surface area contributed by atoms with Gasteiger partial charge in [-0.15, -0.1) is 11.8 Å². The van der Waals surface area contributed by atoms with Gasteiger partial charge in [-0.05, 0) is 12.0 Å². The third kappa shape index (κ3) is 4.94. The first-order valence-electron chi connectivity index (χ1n) is 9.11. The van der Waals surface area contributed by atoms with E-state index in [0.717, 1.165) is 11.3 Å². The van der Waals surface area contributed by atoms with Crippen LogP contribution in [-0.4, -0.2) is 72.1 Å². The molecule has 2 fully saturated rings. The number of likely N-dealkylation sites (tertiary alicyclic amines) is 1. The van der Waals surface area contributed by atoms with Crippen molar-refractivity contribution in [2.75, 3.05) is 38.4 Å². The quantitative estimate of drug-likeness (QED) is 0.838. The maximum absolute atomic E-state index is 13.0. The summed E-state index contributed by atoms with van der Waals surface area (Å²) in [6.45, 7) is 1.54. The first-order valence-corrected chi connectivity index (χ1v) is 10.3. The highest BCUT2D eigenvalue weighted by atomic mass is 32.2. The van der Waals surface area contributed by atoms with Gasteiger partial charge in [-0.1, -0.05) is 30.3 Å². The number of piperidine rings is 1. The number of carbonyl (C=O) groups is 3. The molecule has 2 heterocycles. The Morgan fingerprint density at radius 3 is 2.63 bits per heavy atom. The lowest BCUT2D eigenvalue weighted by atomic mass is 9.90. The van der Waals surface area contributed by atoms with Crippen LogP contribution in [0.2, 0.25) is 0 Å². The van der Waals surface area contributed by atoms with Crippen LogP contribution in [0.3, 0.4) is 0 Å². The first-order chi connectivity index (χ1) is 13.1. The topological polar surface area (TPSA) is 79.0 Å². The predicted octanol–water partition coefficient (Wildman–Crippen LogP) is 1.34. The third-order valence-electron chi connectivity index (χ3n) is 5.03. The van der Waals surface area contributed by atoms with E-state index in [9.17, 15) is 14.4 Å². The lowest BCUT2D eigenvalue weighted by Crippen LogP contribution is -2.57.